The van der Waals surface area contributed by atoms with E-state index in [1.54, 1.807) is 19.2 Å². The first kappa shape index (κ1) is 16.6. The van der Waals surface area contributed by atoms with Gasteiger partial charge in [-0.3, -0.25) is 15.1 Å². The Morgan fingerprint density at radius 3 is 2.35 bits per heavy atom. The highest BCUT2D eigenvalue weighted by Crippen LogP contribution is 2.22. The Kier molecular flexibility index (Phi) is 5.43. The number of hydrogen-bond donors (Lipinski definition) is 2. The SMILES string of the molecule is CN=C(N)c1ccc(CCc2ccc(CN)cc2)c([N+](=O)[O-])c1. The van der Waals surface area contributed by atoms with E-state index in [2.05, 4.69) is 4.99 Å². The minimum Gasteiger partial charge on any atom is -0.384 e. The summed E-state index contributed by atoms with van der Waals surface area (Å²) in [5.41, 5.74) is 14.8. The number of aliphatic imine (C=N–C) groups is 1. The van der Waals surface area contributed by atoms with Gasteiger partial charge in [0.25, 0.3) is 5.69 Å². The van der Waals surface area contributed by atoms with Crippen LogP contribution in [0.15, 0.2) is 47.5 Å². The van der Waals surface area contributed by atoms with Crippen molar-refractivity contribution in [2.24, 2.45) is 16.5 Å². The Morgan fingerprint density at radius 2 is 1.78 bits per heavy atom. The Morgan fingerprint density at radius 1 is 1.13 bits per heavy atom. The predicted octanol–water partition coefficient (Wildman–Crippen LogP) is 2.17. The molecule has 0 aliphatic heterocycles. The van der Waals surface area contributed by atoms with Crippen molar-refractivity contribution in [3.63, 3.8) is 0 Å². The second-order valence-corrected chi connectivity index (χ2v) is 5.23. The summed E-state index contributed by atoms with van der Waals surface area (Å²) < 4.78 is 0. The molecule has 6 heteroatoms. The van der Waals surface area contributed by atoms with Gasteiger partial charge in [0.2, 0.25) is 0 Å². The molecule has 120 valence electrons. The second-order valence-electron chi connectivity index (χ2n) is 5.23. The minimum absolute atomic E-state index is 0.0766. The van der Waals surface area contributed by atoms with E-state index in [4.69, 9.17) is 11.5 Å². The maximum Gasteiger partial charge on any atom is 0.273 e. The summed E-state index contributed by atoms with van der Waals surface area (Å²) >= 11 is 0. The van der Waals surface area contributed by atoms with Crippen LogP contribution >= 0.6 is 0 Å². The van der Waals surface area contributed by atoms with Crippen molar-refractivity contribution in [3.8, 4) is 0 Å². The fraction of sp³-hybridized carbons (Fsp3) is 0.235. The summed E-state index contributed by atoms with van der Waals surface area (Å²) in [5, 5.41) is 11.3. The van der Waals surface area contributed by atoms with Crippen LogP contribution in [0.5, 0.6) is 0 Å². The van der Waals surface area contributed by atoms with Crippen LogP contribution in [0.1, 0.15) is 22.3 Å². The molecule has 0 bridgehead atoms. The molecule has 0 aliphatic rings. The minimum atomic E-state index is -0.376. The van der Waals surface area contributed by atoms with Gasteiger partial charge in [-0.1, -0.05) is 36.4 Å². The molecule has 6 nitrogen and oxygen atoms in total. The largest absolute Gasteiger partial charge is 0.384 e. The van der Waals surface area contributed by atoms with Gasteiger partial charge in [-0.05, 0) is 24.0 Å². The van der Waals surface area contributed by atoms with Crippen LogP contribution in [0.2, 0.25) is 0 Å². The molecule has 0 amide bonds. The van der Waals surface area contributed by atoms with E-state index in [0.717, 1.165) is 17.5 Å². The van der Waals surface area contributed by atoms with Crippen molar-refractivity contribution in [1.29, 1.82) is 0 Å². The van der Waals surface area contributed by atoms with Gasteiger partial charge in [0.15, 0.2) is 0 Å². The summed E-state index contributed by atoms with van der Waals surface area (Å²) in [7, 11) is 1.56. The lowest BCUT2D eigenvalue weighted by atomic mass is 10.0. The highest BCUT2D eigenvalue weighted by atomic mass is 16.6. The summed E-state index contributed by atoms with van der Waals surface area (Å²) in [5.74, 6) is 0.289. The van der Waals surface area contributed by atoms with Crippen molar-refractivity contribution in [3.05, 3.63) is 74.8 Å². The van der Waals surface area contributed by atoms with E-state index >= 15 is 0 Å². The van der Waals surface area contributed by atoms with Crippen LogP contribution < -0.4 is 11.5 Å². The van der Waals surface area contributed by atoms with Gasteiger partial charge >= 0.3 is 0 Å². The Bertz CT molecular complexity index is 724. The Labute approximate surface area is 135 Å². The van der Waals surface area contributed by atoms with Gasteiger partial charge in [-0.15, -0.1) is 0 Å². The summed E-state index contributed by atoms with van der Waals surface area (Å²) in [6, 6.07) is 13.0. The van der Waals surface area contributed by atoms with Crippen LogP contribution in [-0.4, -0.2) is 17.8 Å². The highest BCUT2D eigenvalue weighted by molar-refractivity contribution is 5.98. The van der Waals surface area contributed by atoms with Crippen molar-refractivity contribution >= 4 is 11.5 Å². The van der Waals surface area contributed by atoms with Crippen LogP contribution in [0, 0.1) is 10.1 Å². The van der Waals surface area contributed by atoms with Crippen molar-refractivity contribution < 1.29 is 4.92 Å². The highest BCUT2D eigenvalue weighted by Gasteiger charge is 2.15. The quantitative estimate of drug-likeness (QED) is 0.369. The molecule has 0 spiro atoms. The topological polar surface area (TPSA) is 108 Å². The number of rotatable bonds is 6. The third-order valence-corrected chi connectivity index (χ3v) is 3.76. The molecule has 0 aromatic heterocycles. The normalized spacial score (nSPS) is 11.5. The van der Waals surface area contributed by atoms with Gasteiger partial charge in [0.05, 0.1) is 4.92 Å². The maximum atomic E-state index is 11.3. The third kappa shape index (κ3) is 4.14. The maximum absolute atomic E-state index is 11.3. The number of amidine groups is 1. The molecule has 23 heavy (non-hydrogen) atoms. The molecule has 0 unspecified atom stereocenters. The first-order chi connectivity index (χ1) is 11.0. The van der Waals surface area contributed by atoms with Crippen LogP contribution in [0.25, 0.3) is 0 Å². The number of nitro benzene ring substituents is 1. The fourth-order valence-corrected chi connectivity index (χ4v) is 2.35. The first-order valence-electron chi connectivity index (χ1n) is 7.33. The number of hydrogen-bond acceptors (Lipinski definition) is 4. The zero-order valence-corrected chi connectivity index (χ0v) is 13.0. The van der Waals surface area contributed by atoms with E-state index in [-0.39, 0.29) is 16.4 Å². The van der Waals surface area contributed by atoms with Gasteiger partial charge in [-0.25, -0.2) is 0 Å². The average molecular weight is 312 g/mol. The number of nitro groups is 1. The van der Waals surface area contributed by atoms with Gasteiger partial charge in [0.1, 0.15) is 5.84 Å². The van der Waals surface area contributed by atoms with Gasteiger partial charge in [0, 0.05) is 30.8 Å². The summed E-state index contributed by atoms with van der Waals surface area (Å²) in [6.45, 7) is 0.508. The second kappa shape index (κ2) is 7.51. The van der Waals surface area contributed by atoms with Crippen LogP contribution in [0.4, 0.5) is 5.69 Å². The van der Waals surface area contributed by atoms with E-state index < -0.39 is 0 Å². The molecule has 2 rings (SSSR count). The first-order valence-corrected chi connectivity index (χ1v) is 7.33. The lowest BCUT2D eigenvalue weighted by Gasteiger charge is -2.07. The zero-order valence-electron chi connectivity index (χ0n) is 13.0. The molecule has 0 saturated heterocycles. The number of benzene rings is 2. The third-order valence-electron chi connectivity index (χ3n) is 3.76. The van der Waals surface area contributed by atoms with E-state index in [9.17, 15) is 10.1 Å². The number of aryl methyl sites for hydroxylation is 2. The van der Waals surface area contributed by atoms with Crippen molar-refractivity contribution in [2.45, 2.75) is 19.4 Å². The lowest BCUT2D eigenvalue weighted by Crippen LogP contribution is -2.13. The standard InChI is InChI=1S/C17H20N4O2/c1-20-17(19)15-9-8-14(16(10-15)21(22)23)7-6-12-2-4-13(11-18)5-3-12/h2-5,8-10H,6-7,11,18H2,1H3,(H2,19,20). The molecule has 0 radical (unpaired) electrons. The fourth-order valence-electron chi connectivity index (χ4n) is 2.35. The van der Waals surface area contributed by atoms with E-state index in [1.165, 1.54) is 6.07 Å². The zero-order chi connectivity index (χ0) is 16.8. The molecule has 0 atom stereocenters. The summed E-state index contributed by atoms with van der Waals surface area (Å²) in [4.78, 5) is 14.8. The van der Waals surface area contributed by atoms with E-state index in [1.807, 2.05) is 24.3 Å². The van der Waals surface area contributed by atoms with Gasteiger partial charge < -0.3 is 11.5 Å². The van der Waals surface area contributed by atoms with Crippen LogP contribution in [-0.2, 0) is 19.4 Å². The Hall–Kier alpha value is -2.73. The van der Waals surface area contributed by atoms with Crippen LogP contribution in [0.3, 0.4) is 0 Å². The molecule has 0 saturated carbocycles. The molecule has 2 aromatic rings. The van der Waals surface area contributed by atoms with Gasteiger partial charge in [-0.2, -0.15) is 0 Å². The monoisotopic (exact) mass is 312 g/mol. The molecule has 2 aromatic carbocycles. The molecule has 0 aliphatic carbocycles. The average Bonchev–Trinajstić information content (AvgIpc) is 2.59. The van der Waals surface area contributed by atoms with E-state index in [0.29, 0.717) is 24.1 Å². The number of nitrogens with two attached hydrogens (primary N) is 2. The molecule has 0 heterocycles. The van der Waals surface area contributed by atoms with Crippen molar-refractivity contribution in [2.75, 3.05) is 7.05 Å². The lowest BCUT2D eigenvalue weighted by molar-refractivity contribution is -0.385. The molecular formula is C17H20N4O2. The smallest absolute Gasteiger partial charge is 0.273 e. The Balaban J connectivity index is 2.19. The molecular weight excluding hydrogens is 292 g/mol. The van der Waals surface area contributed by atoms with Crippen molar-refractivity contribution in [1.82, 2.24) is 0 Å². The molecule has 0 fully saturated rings. The molecule has 4 N–H and O–H groups in total. The summed E-state index contributed by atoms with van der Waals surface area (Å²) in [6.07, 6.45) is 1.31. The number of nitrogens with zero attached hydrogens (tertiary/aromatic N) is 2. The predicted molar refractivity (Wildman–Crippen MR) is 91.5 cm³/mol.